The number of halogens is 4. The predicted molar refractivity (Wildman–Crippen MR) is 109 cm³/mol. The fourth-order valence-electron chi connectivity index (χ4n) is 3.94. The van der Waals surface area contributed by atoms with Crippen molar-refractivity contribution in [3.05, 3.63) is 77.4 Å². The zero-order chi connectivity index (χ0) is 22.7. The number of hydrogen-bond acceptors (Lipinski definition) is 4. The van der Waals surface area contributed by atoms with E-state index in [1.807, 2.05) is 30.3 Å². The lowest BCUT2D eigenvalue weighted by Crippen LogP contribution is -2.37. The first-order chi connectivity index (χ1) is 15.3. The summed E-state index contributed by atoms with van der Waals surface area (Å²) in [6.45, 7) is 1.81. The minimum Gasteiger partial charge on any atom is -0.349 e. The number of hydrogen-bond donors (Lipinski definition) is 1. The van der Waals surface area contributed by atoms with E-state index in [2.05, 4.69) is 20.5 Å². The summed E-state index contributed by atoms with van der Waals surface area (Å²) in [7, 11) is 0. The van der Waals surface area contributed by atoms with Crippen molar-refractivity contribution in [3.63, 3.8) is 0 Å². The molecule has 1 atom stereocenters. The van der Waals surface area contributed by atoms with Crippen molar-refractivity contribution in [3.8, 4) is 5.69 Å². The van der Waals surface area contributed by atoms with Crippen LogP contribution in [-0.2, 0) is 6.18 Å². The molecule has 1 amide bonds. The first-order valence-corrected chi connectivity index (χ1v) is 10.2. The Morgan fingerprint density at radius 3 is 2.44 bits per heavy atom. The number of nitrogens with zero attached hydrogens (tertiary/aromatic N) is 4. The monoisotopic (exact) mass is 447 g/mol. The lowest BCUT2D eigenvalue weighted by atomic mass is 10.1. The molecular formula is C22H21F4N5O. The molecule has 4 rings (SSSR count). The second-order valence-corrected chi connectivity index (χ2v) is 7.56. The SMILES string of the molecule is O=C(NCC(c1ccccc1)N1CCCC1)c1nnn(-c2cccc(F)c2)c1C(F)(F)F. The summed E-state index contributed by atoms with van der Waals surface area (Å²) in [5, 5.41) is 9.56. The van der Waals surface area contributed by atoms with E-state index in [0.29, 0.717) is 4.68 Å². The molecule has 32 heavy (non-hydrogen) atoms. The summed E-state index contributed by atoms with van der Waals surface area (Å²) >= 11 is 0. The Morgan fingerprint density at radius 1 is 1.06 bits per heavy atom. The standard InChI is InChI=1S/C22H21F4N5O/c23-16-9-6-10-17(13-16)31-20(22(24,25)26)19(28-29-31)21(32)27-14-18(30-11-4-5-12-30)15-7-2-1-3-8-15/h1-3,6-10,13,18H,4-5,11-12,14H2,(H,27,32). The van der Waals surface area contributed by atoms with Gasteiger partial charge in [-0.1, -0.05) is 41.6 Å². The van der Waals surface area contributed by atoms with E-state index in [1.54, 1.807) is 0 Å². The van der Waals surface area contributed by atoms with Gasteiger partial charge in [0.1, 0.15) is 5.82 Å². The second-order valence-electron chi connectivity index (χ2n) is 7.56. The van der Waals surface area contributed by atoms with Crippen molar-refractivity contribution < 1.29 is 22.4 Å². The zero-order valence-corrected chi connectivity index (χ0v) is 17.0. The molecule has 0 saturated carbocycles. The zero-order valence-electron chi connectivity index (χ0n) is 17.0. The van der Waals surface area contributed by atoms with E-state index >= 15 is 0 Å². The van der Waals surface area contributed by atoms with Gasteiger partial charge in [0.05, 0.1) is 11.7 Å². The van der Waals surface area contributed by atoms with E-state index in [4.69, 9.17) is 0 Å². The quantitative estimate of drug-likeness (QED) is 0.581. The predicted octanol–water partition coefficient (Wildman–Crippen LogP) is 3.99. The first-order valence-electron chi connectivity index (χ1n) is 10.2. The maximum Gasteiger partial charge on any atom is 0.435 e. The third-order valence-corrected chi connectivity index (χ3v) is 5.43. The molecule has 1 unspecified atom stereocenters. The van der Waals surface area contributed by atoms with Crippen LogP contribution in [0.1, 0.15) is 40.6 Å². The Labute approximate surface area is 181 Å². The molecule has 0 radical (unpaired) electrons. The van der Waals surface area contributed by atoms with Gasteiger partial charge in [-0.3, -0.25) is 9.69 Å². The Morgan fingerprint density at radius 2 is 1.78 bits per heavy atom. The number of alkyl halides is 3. The Balaban J connectivity index is 1.60. The summed E-state index contributed by atoms with van der Waals surface area (Å²) in [5.41, 5.74) is -1.41. The van der Waals surface area contributed by atoms with E-state index < -0.39 is 29.3 Å². The third kappa shape index (κ3) is 4.64. The Hall–Kier alpha value is -3.27. The Bertz CT molecular complexity index is 1080. The number of carbonyl (C=O) groups excluding carboxylic acids is 1. The number of rotatable bonds is 6. The van der Waals surface area contributed by atoms with Crippen LogP contribution in [0.2, 0.25) is 0 Å². The first kappa shape index (κ1) is 21.9. The minimum absolute atomic E-state index is 0.118. The van der Waals surface area contributed by atoms with E-state index in [-0.39, 0.29) is 18.3 Å². The highest BCUT2D eigenvalue weighted by molar-refractivity contribution is 5.93. The summed E-state index contributed by atoms with van der Waals surface area (Å²) < 4.78 is 55.4. The van der Waals surface area contributed by atoms with E-state index in [1.165, 1.54) is 12.1 Å². The van der Waals surface area contributed by atoms with Crippen molar-refractivity contribution in [2.24, 2.45) is 0 Å². The van der Waals surface area contributed by atoms with Crippen LogP contribution in [0, 0.1) is 5.82 Å². The highest BCUT2D eigenvalue weighted by atomic mass is 19.4. The van der Waals surface area contributed by atoms with Crippen LogP contribution in [0.3, 0.4) is 0 Å². The smallest absolute Gasteiger partial charge is 0.349 e. The van der Waals surface area contributed by atoms with E-state index in [0.717, 1.165) is 43.6 Å². The molecule has 3 aromatic rings. The molecule has 1 saturated heterocycles. The maximum absolute atomic E-state index is 13.8. The molecule has 0 bridgehead atoms. The summed E-state index contributed by atoms with van der Waals surface area (Å²) in [5.74, 6) is -1.71. The van der Waals surface area contributed by atoms with Gasteiger partial charge in [0.15, 0.2) is 11.4 Å². The van der Waals surface area contributed by atoms with Crippen LogP contribution in [0.5, 0.6) is 0 Å². The molecule has 1 aromatic heterocycles. The molecule has 10 heteroatoms. The van der Waals surface area contributed by atoms with E-state index in [9.17, 15) is 22.4 Å². The number of likely N-dealkylation sites (tertiary alicyclic amines) is 1. The third-order valence-electron chi connectivity index (χ3n) is 5.43. The molecule has 2 aromatic carbocycles. The lowest BCUT2D eigenvalue weighted by Gasteiger charge is -2.28. The van der Waals surface area contributed by atoms with Crippen molar-refractivity contribution in [2.75, 3.05) is 19.6 Å². The normalized spacial score (nSPS) is 15.6. The Kier molecular flexibility index (Phi) is 6.22. The molecular weight excluding hydrogens is 426 g/mol. The molecule has 6 nitrogen and oxygen atoms in total. The van der Waals surface area contributed by atoms with Crippen LogP contribution < -0.4 is 5.32 Å². The maximum atomic E-state index is 13.8. The highest BCUT2D eigenvalue weighted by Crippen LogP contribution is 2.33. The van der Waals surface area contributed by atoms with Crippen LogP contribution in [0.4, 0.5) is 17.6 Å². The molecule has 1 N–H and O–H groups in total. The molecule has 0 aliphatic carbocycles. The van der Waals surface area contributed by atoms with Gasteiger partial charge in [0.25, 0.3) is 5.91 Å². The largest absolute Gasteiger partial charge is 0.435 e. The van der Waals surface area contributed by atoms with Crippen LogP contribution in [0.15, 0.2) is 54.6 Å². The van der Waals surface area contributed by atoms with Crippen molar-refractivity contribution in [1.29, 1.82) is 0 Å². The van der Waals surface area contributed by atoms with Crippen molar-refractivity contribution in [2.45, 2.75) is 25.1 Å². The molecule has 168 valence electrons. The van der Waals surface area contributed by atoms with Gasteiger partial charge >= 0.3 is 6.18 Å². The average Bonchev–Trinajstić information content (AvgIpc) is 3.45. The van der Waals surface area contributed by atoms with Gasteiger partial charge in [-0.2, -0.15) is 13.2 Å². The molecule has 1 aliphatic heterocycles. The number of benzene rings is 2. The highest BCUT2D eigenvalue weighted by Gasteiger charge is 2.42. The number of carbonyl (C=O) groups is 1. The molecule has 2 heterocycles. The fourth-order valence-corrected chi connectivity index (χ4v) is 3.94. The number of amides is 1. The summed E-state index contributed by atoms with van der Waals surface area (Å²) in [6.07, 6.45) is -2.87. The van der Waals surface area contributed by atoms with Crippen LogP contribution in [-0.4, -0.2) is 45.4 Å². The topological polar surface area (TPSA) is 63.1 Å². The fraction of sp³-hybridized carbons (Fsp3) is 0.318. The van der Waals surface area contributed by atoms with Crippen molar-refractivity contribution >= 4 is 5.91 Å². The number of nitrogens with one attached hydrogen (secondary N) is 1. The molecule has 1 aliphatic rings. The number of aromatic nitrogens is 3. The summed E-state index contributed by atoms with van der Waals surface area (Å²) in [4.78, 5) is 15.0. The van der Waals surface area contributed by atoms with Crippen LogP contribution in [0.25, 0.3) is 5.69 Å². The average molecular weight is 447 g/mol. The van der Waals surface area contributed by atoms with Gasteiger partial charge < -0.3 is 5.32 Å². The van der Waals surface area contributed by atoms with Gasteiger partial charge in [0.2, 0.25) is 0 Å². The second kappa shape index (κ2) is 9.07. The van der Waals surface area contributed by atoms with Gasteiger partial charge in [-0.15, -0.1) is 5.10 Å². The van der Waals surface area contributed by atoms with Gasteiger partial charge in [0, 0.05) is 6.54 Å². The lowest BCUT2D eigenvalue weighted by molar-refractivity contribution is -0.143. The molecule has 0 spiro atoms. The van der Waals surface area contributed by atoms with Crippen LogP contribution >= 0.6 is 0 Å². The molecule has 1 fully saturated rings. The minimum atomic E-state index is -4.92. The van der Waals surface area contributed by atoms with Crippen molar-refractivity contribution in [1.82, 2.24) is 25.2 Å². The van der Waals surface area contributed by atoms with Gasteiger partial charge in [-0.25, -0.2) is 9.07 Å². The summed E-state index contributed by atoms with van der Waals surface area (Å²) in [6, 6.07) is 13.8. The van der Waals surface area contributed by atoms with Gasteiger partial charge in [-0.05, 0) is 49.7 Å².